The topological polar surface area (TPSA) is 43.1 Å². The van der Waals surface area contributed by atoms with E-state index in [4.69, 9.17) is 15.0 Å². The molecule has 4 heteroatoms. The van der Waals surface area contributed by atoms with Crippen LogP contribution in [0.25, 0.3) is 94.5 Å². The zero-order chi connectivity index (χ0) is 32.3. The van der Waals surface area contributed by atoms with E-state index in [1.165, 1.54) is 49.2 Å². The van der Waals surface area contributed by atoms with E-state index in [9.17, 15) is 0 Å². The molecule has 0 aliphatic rings. The minimum atomic E-state index is 0.647. The Balaban J connectivity index is 1.34. The van der Waals surface area contributed by atoms with Crippen LogP contribution in [0.3, 0.4) is 0 Å². The highest BCUT2D eigenvalue weighted by molar-refractivity contribution is 6.29. The summed E-state index contributed by atoms with van der Waals surface area (Å²) in [5, 5.41) is 4.80. The molecule has 10 rings (SSSR count). The maximum absolute atomic E-state index is 5.24. The molecule has 0 amide bonds. The van der Waals surface area contributed by atoms with E-state index in [0.29, 0.717) is 17.5 Å². The summed E-state index contributed by atoms with van der Waals surface area (Å²) in [6.45, 7) is 0. The molecule has 0 spiro atoms. The van der Waals surface area contributed by atoms with Gasteiger partial charge >= 0.3 is 0 Å². The Hall–Kier alpha value is -6.65. The highest BCUT2D eigenvalue weighted by atomic mass is 15.0. The number of para-hydroxylation sites is 2. The van der Waals surface area contributed by atoms with Crippen molar-refractivity contribution in [3.05, 3.63) is 170 Å². The lowest BCUT2D eigenvalue weighted by Gasteiger charge is -2.15. The quantitative estimate of drug-likeness (QED) is 0.191. The second-order valence-electron chi connectivity index (χ2n) is 12.4. The van der Waals surface area contributed by atoms with Gasteiger partial charge in [-0.3, -0.25) is 0 Å². The van der Waals surface area contributed by atoms with Crippen molar-refractivity contribution >= 4 is 38.1 Å². The van der Waals surface area contributed by atoms with Gasteiger partial charge < -0.3 is 4.40 Å². The van der Waals surface area contributed by atoms with Gasteiger partial charge in [-0.2, -0.15) is 0 Å². The number of aromatic nitrogens is 4. The minimum Gasteiger partial charge on any atom is -0.308 e. The van der Waals surface area contributed by atoms with Crippen LogP contribution >= 0.6 is 0 Å². The van der Waals surface area contributed by atoms with Crippen LogP contribution in [0.1, 0.15) is 0 Å². The number of nitrogens with zero attached hydrogens (tertiary/aromatic N) is 4. The normalized spacial score (nSPS) is 11.7. The predicted molar refractivity (Wildman–Crippen MR) is 202 cm³/mol. The highest BCUT2D eigenvalue weighted by Crippen LogP contribution is 2.48. The summed E-state index contributed by atoms with van der Waals surface area (Å²) in [5.74, 6) is 1.94. The van der Waals surface area contributed by atoms with Gasteiger partial charge in [0, 0.05) is 43.8 Å². The maximum atomic E-state index is 5.24. The molecule has 0 atom stereocenters. The Bertz CT molecular complexity index is 2730. The Morgan fingerprint density at radius 1 is 0.347 bits per heavy atom. The Kier molecular flexibility index (Phi) is 6.15. The molecule has 7 aromatic carbocycles. The first-order valence-corrected chi connectivity index (χ1v) is 16.5. The molecule has 228 valence electrons. The van der Waals surface area contributed by atoms with Crippen molar-refractivity contribution in [2.45, 2.75) is 0 Å². The smallest absolute Gasteiger partial charge is 0.164 e. The molecule has 10 aromatic rings. The van der Waals surface area contributed by atoms with E-state index >= 15 is 0 Å². The molecular weight excluding hydrogens is 597 g/mol. The molecule has 49 heavy (non-hydrogen) atoms. The lowest BCUT2D eigenvalue weighted by molar-refractivity contribution is 1.08. The molecule has 0 saturated heterocycles. The fourth-order valence-corrected chi connectivity index (χ4v) is 7.38. The summed E-state index contributed by atoms with van der Waals surface area (Å²) >= 11 is 0. The van der Waals surface area contributed by atoms with Crippen LogP contribution in [-0.4, -0.2) is 19.4 Å². The Morgan fingerprint density at radius 3 is 1.41 bits per heavy atom. The largest absolute Gasteiger partial charge is 0.308 e. The van der Waals surface area contributed by atoms with Crippen LogP contribution in [0.5, 0.6) is 0 Å². The fourth-order valence-electron chi connectivity index (χ4n) is 7.38. The van der Waals surface area contributed by atoms with Crippen LogP contribution in [0.15, 0.2) is 170 Å². The van der Waals surface area contributed by atoms with Gasteiger partial charge in [-0.05, 0) is 34.9 Å². The van der Waals surface area contributed by atoms with E-state index in [1.807, 2.05) is 36.4 Å². The van der Waals surface area contributed by atoms with E-state index in [-0.39, 0.29) is 0 Å². The van der Waals surface area contributed by atoms with E-state index in [0.717, 1.165) is 27.8 Å². The maximum Gasteiger partial charge on any atom is 0.164 e. The standard InChI is InChI=1S/C45H28N4/c1-4-14-29(15-5-1)30-24-26-31(27-25-30)40-37(45-47-43(32-16-6-2-7-17-32)46-44(48-45)33-18-8-3-9-19-33)28-36-34-20-10-12-22-38(34)49-39-23-13-11-21-35(39)41(40)42(36)49/h1-28H. The average molecular weight is 625 g/mol. The van der Waals surface area contributed by atoms with E-state index < -0.39 is 0 Å². The van der Waals surface area contributed by atoms with Crippen molar-refractivity contribution in [2.75, 3.05) is 0 Å². The van der Waals surface area contributed by atoms with E-state index in [1.54, 1.807) is 0 Å². The van der Waals surface area contributed by atoms with Gasteiger partial charge in [0.1, 0.15) is 0 Å². The van der Waals surface area contributed by atoms with Crippen LogP contribution in [0, 0.1) is 0 Å². The third-order valence-corrected chi connectivity index (χ3v) is 9.59. The summed E-state index contributed by atoms with van der Waals surface area (Å²) in [6, 6.07) is 59.6. The zero-order valence-electron chi connectivity index (χ0n) is 26.5. The third kappa shape index (κ3) is 4.35. The molecule has 0 saturated carbocycles. The summed E-state index contributed by atoms with van der Waals surface area (Å²) in [6.07, 6.45) is 0. The van der Waals surface area contributed by atoms with Crippen LogP contribution in [0.2, 0.25) is 0 Å². The van der Waals surface area contributed by atoms with Gasteiger partial charge in [0.15, 0.2) is 17.5 Å². The molecule has 3 heterocycles. The van der Waals surface area contributed by atoms with Crippen LogP contribution in [0.4, 0.5) is 0 Å². The Morgan fingerprint density at radius 2 is 0.796 bits per heavy atom. The van der Waals surface area contributed by atoms with Crippen molar-refractivity contribution in [3.63, 3.8) is 0 Å². The SMILES string of the molecule is c1ccc(-c2ccc(-c3c(-c4nc(-c5ccccc5)nc(-c5ccccc5)n4)cc4c5ccccc5n5c6ccccc6c3c45)cc2)cc1. The first-order chi connectivity index (χ1) is 24.3. The summed E-state index contributed by atoms with van der Waals surface area (Å²) in [4.78, 5) is 15.5. The van der Waals surface area contributed by atoms with Gasteiger partial charge in [-0.1, -0.05) is 152 Å². The highest BCUT2D eigenvalue weighted by Gasteiger charge is 2.25. The van der Waals surface area contributed by atoms with Gasteiger partial charge in [0.2, 0.25) is 0 Å². The second kappa shape index (κ2) is 11.0. The predicted octanol–water partition coefficient (Wildman–Crippen LogP) is 11.4. The molecule has 0 aliphatic heterocycles. The third-order valence-electron chi connectivity index (χ3n) is 9.59. The first kappa shape index (κ1) is 27.5. The molecule has 0 radical (unpaired) electrons. The molecule has 0 unspecified atom stereocenters. The first-order valence-electron chi connectivity index (χ1n) is 16.5. The number of benzene rings is 7. The van der Waals surface area contributed by atoms with Crippen molar-refractivity contribution in [1.82, 2.24) is 19.4 Å². The lowest BCUT2D eigenvalue weighted by Crippen LogP contribution is -2.01. The van der Waals surface area contributed by atoms with E-state index in [2.05, 4.69) is 138 Å². The minimum absolute atomic E-state index is 0.647. The van der Waals surface area contributed by atoms with Gasteiger partial charge in [-0.15, -0.1) is 0 Å². The van der Waals surface area contributed by atoms with Crippen molar-refractivity contribution < 1.29 is 0 Å². The molecule has 0 aliphatic carbocycles. The Labute approximate surface area is 283 Å². The van der Waals surface area contributed by atoms with Gasteiger partial charge in [-0.25, -0.2) is 15.0 Å². The molecule has 3 aromatic heterocycles. The summed E-state index contributed by atoms with van der Waals surface area (Å²) in [7, 11) is 0. The average Bonchev–Trinajstić information content (AvgIpc) is 3.71. The van der Waals surface area contributed by atoms with Crippen molar-refractivity contribution in [2.24, 2.45) is 0 Å². The van der Waals surface area contributed by atoms with Crippen molar-refractivity contribution in [3.8, 4) is 56.4 Å². The molecule has 0 fully saturated rings. The zero-order valence-corrected chi connectivity index (χ0v) is 26.5. The molecular formula is C45H28N4. The summed E-state index contributed by atoms with van der Waals surface area (Å²) < 4.78 is 2.43. The molecule has 0 N–H and O–H groups in total. The van der Waals surface area contributed by atoms with Gasteiger partial charge in [0.05, 0.1) is 16.6 Å². The fraction of sp³-hybridized carbons (Fsp3) is 0. The lowest BCUT2D eigenvalue weighted by atomic mass is 9.91. The summed E-state index contributed by atoms with van der Waals surface area (Å²) in [5.41, 5.74) is 11.1. The second-order valence-corrected chi connectivity index (χ2v) is 12.4. The monoisotopic (exact) mass is 624 g/mol. The van der Waals surface area contributed by atoms with Crippen LogP contribution in [-0.2, 0) is 0 Å². The number of rotatable bonds is 5. The molecule has 0 bridgehead atoms. The number of hydrogen-bond acceptors (Lipinski definition) is 3. The van der Waals surface area contributed by atoms with Crippen molar-refractivity contribution in [1.29, 1.82) is 0 Å². The van der Waals surface area contributed by atoms with Crippen LogP contribution < -0.4 is 0 Å². The van der Waals surface area contributed by atoms with Gasteiger partial charge in [0.25, 0.3) is 0 Å². The number of fused-ring (bicyclic) bond motifs is 6. The molecule has 4 nitrogen and oxygen atoms in total. The number of hydrogen-bond donors (Lipinski definition) is 0.